The number of halogens is 1. The number of hydrogen-bond acceptors (Lipinski definition) is 28. The summed E-state index contributed by atoms with van der Waals surface area (Å²) in [6.45, 7) is 8.66. The van der Waals surface area contributed by atoms with Gasteiger partial charge in [0.2, 0.25) is 27.8 Å². The Labute approximate surface area is 675 Å². The lowest BCUT2D eigenvalue weighted by molar-refractivity contribution is -0.388. The van der Waals surface area contributed by atoms with Gasteiger partial charge in [0.15, 0.2) is 28.7 Å². The van der Waals surface area contributed by atoms with E-state index in [0.29, 0.717) is 69.8 Å². The summed E-state index contributed by atoms with van der Waals surface area (Å²) in [4.78, 5) is 134. The van der Waals surface area contributed by atoms with E-state index < -0.39 is 115 Å². The highest BCUT2D eigenvalue weighted by molar-refractivity contribution is 6.41. The summed E-state index contributed by atoms with van der Waals surface area (Å²) >= 11 is 6.66. The highest BCUT2D eigenvalue weighted by atomic mass is 35.5. The Hall–Kier alpha value is -13.1. The summed E-state index contributed by atoms with van der Waals surface area (Å²) in [6.07, 6.45) is 4.22. The van der Waals surface area contributed by atoms with Crippen LogP contribution in [0, 0.1) is 74.2 Å². The molecule has 0 radical (unpaired) electrons. The number of carbonyl (C=O) groups is 7. The molecule has 12 aliphatic rings. The molecule has 0 amide bonds. The molecule has 10 unspecified atom stereocenters. The largest absolute Gasteiger partial charge is 0.508 e. The number of ether oxygens (including phenoxy) is 3. The number of Topliss-reactive ketones (excluding diaryl/α,β-unsaturated/α-hetero) is 7. The van der Waals surface area contributed by atoms with Crippen LogP contribution in [-0.4, -0.2) is 107 Å². The fraction of sp³-hybridized carbons (Fsp3) is 0.282. The second-order valence-electron chi connectivity index (χ2n) is 31.7. The van der Waals surface area contributed by atoms with Gasteiger partial charge in [0.1, 0.15) is 50.8 Å². The van der Waals surface area contributed by atoms with E-state index in [-0.39, 0.29) is 90.7 Å². The van der Waals surface area contributed by atoms with Crippen LogP contribution in [0.5, 0.6) is 23.0 Å². The fourth-order valence-corrected chi connectivity index (χ4v) is 18.0. The second kappa shape index (κ2) is 27.5. The summed E-state index contributed by atoms with van der Waals surface area (Å²) < 4.78 is 17.2. The first-order valence-corrected chi connectivity index (χ1v) is 37.8. The van der Waals surface area contributed by atoms with Crippen LogP contribution >= 0.6 is 11.6 Å². The molecule has 9 aromatic rings. The number of phenols is 1. The molecule has 9 N–H and O–H groups in total. The van der Waals surface area contributed by atoms with E-state index in [1.165, 1.54) is 90.8 Å². The Kier molecular flexibility index (Phi) is 18.4. The average molecular weight is 1640 g/mol. The van der Waals surface area contributed by atoms with Crippen molar-refractivity contribution in [2.24, 2.45) is 29.4 Å². The zero-order valence-corrected chi connectivity index (χ0v) is 63.6. The number of phenolic OH excluding ortho intramolecular Hbond substituents is 1. The molecule has 14 atom stereocenters. The minimum Gasteiger partial charge on any atom is -0.508 e. The molecule has 0 bridgehead atoms. The predicted molar refractivity (Wildman–Crippen MR) is 412 cm³/mol. The highest BCUT2D eigenvalue weighted by Crippen LogP contribution is 2.66. The quantitative estimate of drug-likeness (QED) is 0.0219. The van der Waals surface area contributed by atoms with Gasteiger partial charge in [-0.2, -0.15) is 0 Å². The first-order chi connectivity index (χ1) is 56.1. The number of nitrogens with zero attached hydrogens (tertiary/aromatic N) is 5. The monoisotopic (exact) mass is 1640 g/mol. The molecule has 33 nitrogen and oxygen atoms in total. The molecule has 9 aliphatic carbocycles. The molecule has 119 heavy (non-hydrogen) atoms. The SMILES string of the molecule is C[C@H]1CC1c1ccc2c(c1)OC1(O)c3c(cccc3[N+](=O)[O-])C(=O)C21Cl.C[C@H]1CC1c1ccc2c(c1)OC1(O)c3c(cccc3[N+](=O)[O-])C(=O)C21N.C[C@H]1CC1c1ccc2c(c1)OC1(O)c3c(cccc3[N+](=O)[O-])C(=O)C21O.C[C@H]1CC1c1cccc(O)c1.O=C1CC(=O)c2c1cccc2[N+](=O)[O-].O=C1c2cccc([N+](=O)[O-])c2C(=O)C1(O)O. The number of carbonyl (C=O) groups excluding carboxylic acids is 7. The van der Waals surface area contributed by atoms with Gasteiger partial charge in [-0.3, -0.25) is 84.1 Å². The normalized spacial score (nSPS) is 28.5. The third-order valence-corrected chi connectivity index (χ3v) is 25.1. The minimum absolute atomic E-state index is 0.0160. The van der Waals surface area contributed by atoms with Crippen molar-refractivity contribution in [1.29, 1.82) is 0 Å². The number of aromatic hydroxyl groups is 1. The molecule has 9 aromatic carbocycles. The lowest BCUT2D eigenvalue weighted by Crippen LogP contribution is -2.55. The van der Waals surface area contributed by atoms with Crippen molar-refractivity contribution in [3.8, 4) is 23.0 Å². The Bertz CT molecular complexity index is 5760. The number of benzene rings is 9. The molecule has 4 saturated carbocycles. The summed E-state index contributed by atoms with van der Waals surface area (Å²) in [5.74, 6) is -10.0. The molecule has 21 rings (SSSR count). The maximum absolute atomic E-state index is 13.0. The first-order valence-electron chi connectivity index (χ1n) is 37.4. The van der Waals surface area contributed by atoms with Gasteiger partial charge in [0.05, 0.1) is 31.0 Å². The first kappa shape index (κ1) is 79.7. The number of hydrogen-bond donors (Lipinski definition) is 8. The van der Waals surface area contributed by atoms with Gasteiger partial charge in [0.25, 0.3) is 51.6 Å². The van der Waals surface area contributed by atoms with Crippen molar-refractivity contribution < 1.29 is 108 Å². The standard InChI is InChI=1S/C19H14ClNO5.C19H16N2O5.C19H15NO6.C10H12O.C9H5NO6.C9H5NO4/c2*1-9-7-12(9)10-5-6-13-15(8-10)26-19(23)16-11(17(22)18(13,19)20)3-2-4-14(16)21(24)25;1-9-7-12(9)10-5-6-13-15(8-10)26-19(23)16-11(17(21)18(13,19)22)3-2-4-14(16)20(24)25;1-7-5-10(7)8-3-2-4-9(11)6-8;11-7-4-2-1-3-5(10(15)16)6(4)8(12)9(7,13)14;11-7-4-8(12)9-5(7)2-1-3-6(9)10(13)14/h2-6,8-9,12,23H,7H2,1H3;2-6,8-9,12,23H,7,20H2,1H3;2-6,8-9,12,22-23H,7H2,1H3;2-4,6-7,10-11H,5H2,1H3;1-3,13-14H;1-3H,4H2/t3*9-,12?,18?,19?;7-,10?;;/m0000../s1. The van der Waals surface area contributed by atoms with Crippen molar-refractivity contribution in [1.82, 2.24) is 0 Å². The molecule has 3 aliphatic heterocycles. The van der Waals surface area contributed by atoms with Crippen molar-refractivity contribution in [2.75, 3.05) is 0 Å². The zero-order valence-electron chi connectivity index (χ0n) is 62.8. The molecule has 0 spiro atoms. The van der Waals surface area contributed by atoms with Crippen molar-refractivity contribution in [2.45, 2.75) is 123 Å². The molecular formula is C85H67ClN6O27. The highest BCUT2D eigenvalue weighted by Gasteiger charge is 2.75. The van der Waals surface area contributed by atoms with Crippen LogP contribution < -0.4 is 19.9 Å². The number of ketones is 7. The van der Waals surface area contributed by atoms with E-state index in [4.69, 9.17) is 31.5 Å². The summed E-state index contributed by atoms with van der Waals surface area (Å²) in [7, 11) is 0. The van der Waals surface area contributed by atoms with Crippen LogP contribution in [0.25, 0.3) is 0 Å². The molecule has 0 aromatic heterocycles. The van der Waals surface area contributed by atoms with Crippen LogP contribution in [0.4, 0.5) is 28.4 Å². The number of alkyl halides is 1. The third kappa shape index (κ3) is 11.9. The molecule has 606 valence electrons. The second-order valence-corrected chi connectivity index (χ2v) is 32.2. The van der Waals surface area contributed by atoms with E-state index in [1.54, 1.807) is 42.5 Å². The van der Waals surface area contributed by atoms with Crippen LogP contribution in [0.2, 0.25) is 0 Å². The topological polar surface area (TPSA) is 531 Å². The average Bonchev–Trinajstić information content (AvgIpc) is 1.52. The fourth-order valence-electron chi connectivity index (χ4n) is 17.6. The van der Waals surface area contributed by atoms with Gasteiger partial charge in [-0.15, -0.1) is 0 Å². The zero-order chi connectivity index (χ0) is 85.5. The van der Waals surface area contributed by atoms with Crippen LogP contribution in [0.15, 0.2) is 170 Å². The maximum atomic E-state index is 13.0. The van der Waals surface area contributed by atoms with Gasteiger partial charge in [-0.25, -0.2) is 0 Å². The van der Waals surface area contributed by atoms with Crippen LogP contribution in [0.3, 0.4) is 0 Å². The summed E-state index contributed by atoms with van der Waals surface area (Å²) in [5.41, 5.74) is 3.73. The van der Waals surface area contributed by atoms with Crippen molar-refractivity contribution in [3.63, 3.8) is 0 Å². The van der Waals surface area contributed by atoms with E-state index in [1.807, 2.05) is 30.3 Å². The van der Waals surface area contributed by atoms with Crippen LogP contribution in [-0.2, 0) is 33.4 Å². The Morgan fingerprint density at radius 1 is 0.378 bits per heavy atom. The molecule has 4 fully saturated rings. The lowest BCUT2D eigenvalue weighted by atomic mass is 9.83. The lowest BCUT2D eigenvalue weighted by Gasteiger charge is -2.29. The number of fused-ring (bicyclic) bond motifs is 17. The molecule has 0 saturated heterocycles. The Morgan fingerprint density at radius 3 is 1.19 bits per heavy atom. The number of rotatable bonds is 9. The van der Waals surface area contributed by atoms with Crippen molar-refractivity contribution >= 4 is 80.5 Å². The number of nitro groups is 5. The van der Waals surface area contributed by atoms with Gasteiger partial charge in [0, 0.05) is 74.8 Å². The maximum Gasteiger partial charge on any atom is 0.295 e. The van der Waals surface area contributed by atoms with Crippen molar-refractivity contribution in [3.05, 3.63) is 315 Å². The predicted octanol–water partition coefficient (Wildman–Crippen LogP) is 11.8. The van der Waals surface area contributed by atoms with Gasteiger partial charge >= 0.3 is 0 Å². The number of nitro benzene ring substituents is 5. The smallest absolute Gasteiger partial charge is 0.295 e. The summed E-state index contributed by atoms with van der Waals surface area (Å²) in [5, 5.41) is 128. The molecule has 34 heteroatoms. The number of nitrogens with two attached hydrogens (primary N) is 1. The summed E-state index contributed by atoms with van der Waals surface area (Å²) in [6, 6.07) is 42.9. The van der Waals surface area contributed by atoms with E-state index >= 15 is 0 Å². The van der Waals surface area contributed by atoms with Gasteiger partial charge in [-0.05, 0) is 132 Å². The van der Waals surface area contributed by atoms with E-state index in [9.17, 15) is 120 Å². The van der Waals surface area contributed by atoms with E-state index in [2.05, 4.69) is 33.8 Å². The number of aliphatic hydroxyl groups is 6. The van der Waals surface area contributed by atoms with Gasteiger partial charge in [-0.1, -0.05) is 142 Å². The Morgan fingerprint density at radius 2 is 0.731 bits per heavy atom. The molecular weight excluding hydrogens is 1570 g/mol. The third-order valence-electron chi connectivity index (χ3n) is 24.4. The van der Waals surface area contributed by atoms with E-state index in [0.717, 1.165) is 54.0 Å². The molecule has 3 heterocycles. The Balaban J connectivity index is 0.000000109. The minimum atomic E-state index is -3.19. The van der Waals surface area contributed by atoms with Crippen LogP contribution in [0.1, 0.15) is 212 Å². The van der Waals surface area contributed by atoms with Gasteiger partial charge < -0.3 is 55.7 Å².